The fourth-order valence-electron chi connectivity index (χ4n) is 2.05. The molecule has 0 radical (unpaired) electrons. The number of pyridine rings is 1. The first-order chi connectivity index (χ1) is 9.15. The lowest BCUT2D eigenvalue weighted by Crippen LogP contribution is -2.02. The minimum Gasteiger partial charge on any atom is -0.233 e. The Morgan fingerprint density at radius 3 is 2.79 bits per heavy atom. The maximum atomic E-state index is 4.68. The third-order valence-electron chi connectivity index (χ3n) is 3.10. The van der Waals surface area contributed by atoms with Crippen LogP contribution in [0.5, 0.6) is 0 Å². The van der Waals surface area contributed by atoms with E-state index in [-0.39, 0.29) is 0 Å². The molecule has 0 N–H and O–H groups in total. The highest BCUT2D eigenvalue weighted by molar-refractivity contribution is 9.10. The number of aromatic nitrogens is 3. The molecule has 19 heavy (non-hydrogen) atoms. The zero-order valence-corrected chi connectivity index (χ0v) is 12.4. The van der Waals surface area contributed by atoms with Crippen LogP contribution in [-0.2, 0) is 0 Å². The van der Waals surface area contributed by atoms with Crippen molar-refractivity contribution in [3.63, 3.8) is 0 Å². The lowest BCUT2D eigenvalue weighted by atomic mass is 10.1. The third kappa shape index (κ3) is 2.28. The molecule has 0 spiro atoms. The van der Waals surface area contributed by atoms with Crippen LogP contribution in [0.4, 0.5) is 0 Å². The fraction of sp³-hybridized carbons (Fsp3) is 0.200. The molecule has 3 rings (SSSR count). The van der Waals surface area contributed by atoms with Crippen LogP contribution in [0, 0.1) is 0 Å². The van der Waals surface area contributed by atoms with Crippen LogP contribution in [-0.4, -0.2) is 14.8 Å². The Morgan fingerprint density at radius 1 is 1.16 bits per heavy atom. The van der Waals surface area contributed by atoms with Crippen molar-refractivity contribution in [1.29, 1.82) is 0 Å². The molecule has 96 valence electrons. The quantitative estimate of drug-likeness (QED) is 0.705. The van der Waals surface area contributed by atoms with Crippen molar-refractivity contribution in [3.05, 3.63) is 52.8 Å². The van der Waals surface area contributed by atoms with Crippen LogP contribution < -0.4 is 0 Å². The van der Waals surface area contributed by atoms with Gasteiger partial charge in [0.2, 0.25) is 0 Å². The Labute approximate surface area is 120 Å². The summed E-state index contributed by atoms with van der Waals surface area (Å²) in [7, 11) is 0. The Morgan fingerprint density at radius 2 is 2.00 bits per heavy atom. The topological polar surface area (TPSA) is 30.7 Å². The van der Waals surface area contributed by atoms with Crippen LogP contribution in [0.2, 0.25) is 0 Å². The molecule has 3 nitrogen and oxygen atoms in total. The van der Waals surface area contributed by atoms with E-state index in [2.05, 4.69) is 58.1 Å². The summed E-state index contributed by atoms with van der Waals surface area (Å²) in [5.74, 6) is 1.27. The molecule has 0 unspecified atom stereocenters. The number of fused-ring (bicyclic) bond motifs is 1. The molecule has 0 saturated carbocycles. The largest absolute Gasteiger partial charge is 0.233 e. The summed E-state index contributed by atoms with van der Waals surface area (Å²) in [6, 6.07) is 12.2. The summed E-state index contributed by atoms with van der Waals surface area (Å²) in [5, 5.41) is 5.55. The van der Waals surface area contributed by atoms with E-state index in [0.717, 1.165) is 26.9 Å². The molecule has 2 heterocycles. The van der Waals surface area contributed by atoms with Crippen molar-refractivity contribution in [2.75, 3.05) is 0 Å². The Balaban J connectivity index is 2.18. The van der Waals surface area contributed by atoms with Gasteiger partial charge in [-0.05, 0) is 30.2 Å². The summed E-state index contributed by atoms with van der Waals surface area (Å²) in [4.78, 5) is 4.68. The fourth-order valence-corrected chi connectivity index (χ4v) is 2.40. The highest BCUT2D eigenvalue weighted by Crippen LogP contribution is 2.22. The molecular formula is C15H14BrN3. The van der Waals surface area contributed by atoms with Crippen LogP contribution in [0.25, 0.3) is 16.7 Å². The van der Waals surface area contributed by atoms with Gasteiger partial charge >= 0.3 is 0 Å². The summed E-state index contributed by atoms with van der Waals surface area (Å²) in [5.41, 5.74) is 2.14. The molecule has 0 aliphatic heterocycles. The van der Waals surface area contributed by atoms with Gasteiger partial charge in [-0.25, -0.2) is 9.67 Å². The highest BCUT2D eigenvalue weighted by atomic mass is 79.9. The lowest BCUT2D eigenvalue weighted by Gasteiger charge is -2.08. The predicted molar refractivity (Wildman–Crippen MR) is 80.7 cm³/mol. The minimum absolute atomic E-state index is 0.411. The van der Waals surface area contributed by atoms with E-state index in [1.54, 1.807) is 0 Å². The van der Waals surface area contributed by atoms with E-state index < -0.39 is 0 Å². The number of hydrogen-bond donors (Lipinski definition) is 0. The van der Waals surface area contributed by atoms with Gasteiger partial charge in [0, 0.05) is 15.6 Å². The zero-order valence-electron chi connectivity index (χ0n) is 10.8. The van der Waals surface area contributed by atoms with Gasteiger partial charge in [-0.1, -0.05) is 41.9 Å². The van der Waals surface area contributed by atoms with E-state index in [0.29, 0.717) is 5.92 Å². The van der Waals surface area contributed by atoms with Crippen molar-refractivity contribution in [1.82, 2.24) is 14.8 Å². The second-order valence-corrected chi connectivity index (χ2v) is 5.75. The molecule has 4 heteroatoms. The van der Waals surface area contributed by atoms with Crippen molar-refractivity contribution in [2.24, 2.45) is 0 Å². The van der Waals surface area contributed by atoms with Gasteiger partial charge in [-0.15, -0.1) is 0 Å². The normalized spacial score (nSPS) is 11.4. The molecule has 0 aliphatic rings. The predicted octanol–water partition coefficient (Wildman–Crippen LogP) is 4.31. The monoisotopic (exact) mass is 315 g/mol. The third-order valence-corrected chi connectivity index (χ3v) is 3.59. The molecule has 0 amide bonds. The van der Waals surface area contributed by atoms with E-state index in [1.165, 1.54) is 0 Å². The Hall–Kier alpha value is -1.68. The number of rotatable bonds is 2. The molecule has 0 aliphatic carbocycles. The number of halogens is 1. The molecule has 0 fully saturated rings. The molecule has 0 bridgehead atoms. The van der Waals surface area contributed by atoms with Crippen LogP contribution >= 0.6 is 15.9 Å². The molecule has 2 aromatic heterocycles. The van der Waals surface area contributed by atoms with Gasteiger partial charge < -0.3 is 0 Å². The Bertz CT molecular complexity index is 731. The first-order valence-electron chi connectivity index (χ1n) is 6.26. The number of benzene rings is 1. The highest BCUT2D eigenvalue weighted by Gasteiger charge is 2.08. The minimum atomic E-state index is 0.411. The van der Waals surface area contributed by atoms with Crippen LogP contribution in [0.3, 0.4) is 0 Å². The standard InChI is InChI=1S/C15H14BrN3/c1-10(2)13-4-3-5-15(18-13)19-14-8-12(16)7-6-11(14)9-17-19/h3-10H,1-2H3. The summed E-state index contributed by atoms with van der Waals surface area (Å²) >= 11 is 3.50. The lowest BCUT2D eigenvalue weighted by molar-refractivity contribution is 0.793. The van der Waals surface area contributed by atoms with Gasteiger partial charge in [-0.2, -0.15) is 5.10 Å². The summed E-state index contributed by atoms with van der Waals surface area (Å²) in [6.45, 7) is 4.29. The molecule has 0 atom stereocenters. The van der Waals surface area contributed by atoms with Gasteiger partial charge in [0.15, 0.2) is 5.82 Å². The molecule has 3 aromatic rings. The van der Waals surface area contributed by atoms with E-state index in [1.807, 2.05) is 29.1 Å². The maximum Gasteiger partial charge on any atom is 0.154 e. The second kappa shape index (κ2) is 4.78. The smallest absolute Gasteiger partial charge is 0.154 e. The van der Waals surface area contributed by atoms with Crippen LogP contribution in [0.1, 0.15) is 25.5 Å². The second-order valence-electron chi connectivity index (χ2n) is 4.83. The maximum absolute atomic E-state index is 4.68. The average molecular weight is 316 g/mol. The van der Waals surface area contributed by atoms with Gasteiger partial charge in [0.05, 0.1) is 11.7 Å². The Kier molecular flexibility index (Phi) is 3.11. The molecule has 1 aromatic carbocycles. The van der Waals surface area contributed by atoms with Crippen LogP contribution in [0.15, 0.2) is 47.1 Å². The van der Waals surface area contributed by atoms with Crippen molar-refractivity contribution >= 4 is 26.8 Å². The number of nitrogens with zero attached hydrogens (tertiary/aromatic N) is 3. The van der Waals surface area contributed by atoms with Gasteiger partial charge in [0.25, 0.3) is 0 Å². The van der Waals surface area contributed by atoms with Gasteiger partial charge in [-0.3, -0.25) is 0 Å². The molecular weight excluding hydrogens is 302 g/mol. The first-order valence-corrected chi connectivity index (χ1v) is 7.05. The van der Waals surface area contributed by atoms with Crippen molar-refractivity contribution < 1.29 is 0 Å². The van der Waals surface area contributed by atoms with Gasteiger partial charge in [0.1, 0.15) is 0 Å². The SMILES string of the molecule is CC(C)c1cccc(-n2ncc3ccc(Br)cc32)n1. The van der Waals surface area contributed by atoms with Crippen molar-refractivity contribution in [3.8, 4) is 5.82 Å². The van der Waals surface area contributed by atoms with E-state index in [4.69, 9.17) is 0 Å². The summed E-state index contributed by atoms with van der Waals surface area (Å²) in [6.07, 6.45) is 1.87. The van der Waals surface area contributed by atoms with E-state index in [9.17, 15) is 0 Å². The molecule has 0 saturated heterocycles. The zero-order chi connectivity index (χ0) is 13.4. The average Bonchev–Trinajstić information content (AvgIpc) is 2.81. The summed E-state index contributed by atoms with van der Waals surface area (Å²) < 4.78 is 2.92. The van der Waals surface area contributed by atoms with Crippen molar-refractivity contribution in [2.45, 2.75) is 19.8 Å². The van der Waals surface area contributed by atoms with E-state index >= 15 is 0 Å². The number of hydrogen-bond acceptors (Lipinski definition) is 2. The first kappa shape index (κ1) is 12.4.